The molecule has 0 aliphatic rings. The van der Waals surface area contributed by atoms with Gasteiger partial charge in [0.15, 0.2) is 0 Å². The summed E-state index contributed by atoms with van der Waals surface area (Å²) in [5.41, 5.74) is 3.44. The summed E-state index contributed by atoms with van der Waals surface area (Å²) in [6.07, 6.45) is 0.932. The number of carbonyl (C=O) groups is 2. The van der Waals surface area contributed by atoms with E-state index in [0.717, 1.165) is 5.56 Å². The molecule has 0 heterocycles. The van der Waals surface area contributed by atoms with E-state index in [1.807, 2.05) is 26.0 Å². The number of rotatable bonds is 5. The normalized spacial score (nSPS) is 11.9. The van der Waals surface area contributed by atoms with Crippen LogP contribution in [-0.4, -0.2) is 23.0 Å². The fraction of sp³-hybridized carbons (Fsp3) is 0.429. The summed E-state index contributed by atoms with van der Waals surface area (Å²) in [7, 11) is 0. The average molecular weight is 249 g/mol. The Morgan fingerprint density at radius 2 is 1.78 bits per heavy atom. The Morgan fingerprint density at radius 3 is 2.28 bits per heavy atom. The van der Waals surface area contributed by atoms with Crippen LogP contribution in [-0.2, 0) is 16.0 Å². The third kappa shape index (κ3) is 4.57. The SMILES string of the molecule is Cc1cc(C)cc(CCC(=O)N[C@H](C)C(=O)O)c1. The molecule has 0 bridgehead atoms. The maximum atomic E-state index is 11.5. The number of hydrogen-bond acceptors (Lipinski definition) is 2. The molecule has 4 nitrogen and oxygen atoms in total. The molecule has 1 atom stereocenters. The quantitative estimate of drug-likeness (QED) is 0.836. The van der Waals surface area contributed by atoms with Crippen LogP contribution in [0.3, 0.4) is 0 Å². The number of aryl methyl sites for hydroxylation is 3. The lowest BCUT2D eigenvalue weighted by atomic mass is 10.0. The number of hydrogen-bond donors (Lipinski definition) is 2. The lowest BCUT2D eigenvalue weighted by Crippen LogP contribution is -2.38. The standard InChI is InChI=1S/C14H19NO3/c1-9-6-10(2)8-12(7-9)4-5-13(16)15-11(3)14(17)18/h6-8,11H,4-5H2,1-3H3,(H,15,16)(H,17,18)/t11-/m1/s1. The van der Waals surface area contributed by atoms with Gasteiger partial charge in [-0.1, -0.05) is 29.3 Å². The fourth-order valence-corrected chi connectivity index (χ4v) is 1.85. The largest absolute Gasteiger partial charge is 0.480 e. The second kappa shape index (κ2) is 6.19. The van der Waals surface area contributed by atoms with Crippen LogP contribution in [0.15, 0.2) is 18.2 Å². The Hall–Kier alpha value is -1.84. The second-order valence-electron chi connectivity index (χ2n) is 4.62. The highest BCUT2D eigenvalue weighted by Gasteiger charge is 2.13. The molecule has 0 aliphatic carbocycles. The lowest BCUT2D eigenvalue weighted by molar-refractivity contribution is -0.141. The van der Waals surface area contributed by atoms with Crippen LogP contribution < -0.4 is 5.32 Å². The Balaban J connectivity index is 2.50. The molecule has 0 saturated heterocycles. The first kappa shape index (κ1) is 14.2. The lowest BCUT2D eigenvalue weighted by Gasteiger charge is -2.09. The molecule has 0 radical (unpaired) electrons. The first-order chi connectivity index (χ1) is 8.38. The zero-order valence-electron chi connectivity index (χ0n) is 11.0. The van der Waals surface area contributed by atoms with Gasteiger partial charge in [-0.15, -0.1) is 0 Å². The van der Waals surface area contributed by atoms with E-state index in [9.17, 15) is 9.59 Å². The van der Waals surface area contributed by atoms with E-state index in [4.69, 9.17) is 5.11 Å². The van der Waals surface area contributed by atoms with Gasteiger partial charge < -0.3 is 10.4 Å². The van der Waals surface area contributed by atoms with E-state index >= 15 is 0 Å². The van der Waals surface area contributed by atoms with Crippen LogP contribution >= 0.6 is 0 Å². The maximum absolute atomic E-state index is 11.5. The first-order valence-corrected chi connectivity index (χ1v) is 5.98. The number of nitrogens with one attached hydrogen (secondary N) is 1. The molecular weight excluding hydrogens is 230 g/mol. The fourth-order valence-electron chi connectivity index (χ4n) is 1.85. The molecule has 0 saturated carbocycles. The maximum Gasteiger partial charge on any atom is 0.325 e. The van der Waals surface area contributed by atoms with Crippen molar-refractivity contribution in [2.45, 2.75) is 39.7 Å². The van der Waals surface area contributed by atoms with Crippen molar-refractivity contribution in [1.29, 1.82) is 0 Å². The molecule has 98 valence electrons. The van der Waals surface area contributed by atoms with Gasteiger partial charge in [-0.05, 0) is 32.8 Å². The van der Waals surface area contributed by atoms with Gasteiger partial charge in [0.05, 0.1) is 0 Å². The Bertz CT molecular complexity index is 434. The highest BCUT2D eigenvalue weighted by atomic mass is 16.4. The van der Waals surface area contributed by atoms with Gasteiger partial charge in [0.2, 0.25) is 5.91 Å². The molecule has 0 aromatic heterocycles. The topological polar surface area (TPSA) is 66.4 Å². The molecule has 1 aromatic carbocycles. The molecule has 0 spiro atoms. The van der Waals surface area contributed by atoms with Crippen molar-refractivity contribution >= 4 is 11.9 Å². The van der Waals surface area contributed by atoms with Crippen molar-refractivity contribution in [1.82, 2.24) is 5.32 Å². The van der Waals surface area contributed by atoms with Gasteiger partial charge in [0.1, 0.15) is 6.04 Å². The van der Waals surface area contributed by atoms with Gasteiger partial charge in [-0.3, -0.25) is 9.59 Å². The number of benzene rings is 1. The van der Waals surface area contributed by atoms with E-state index in [-0.39, 0.29) is 5.91 Å². The van der Waals surface area contributed by atoms with E-state index in [1.165, 1.54) is 18.1 Å². The molecule has 2 N–H and O–H groups in total. The molecule has 0 aliphatic heterocycles. The summed E-state index contributed by atoms with van der Waals surface area (Å²) in [6.45, 7) is 5.49. The number of aliphatic carboxylic acids is 1. The van der Waals surface area contributed by atoms with Gasteiger partial charge in [-0.2, -0.15) is 0 Å². The van der Waals surface area contributed by atoms with Crippen LogP contribution in [0, 0.1) is 13.8 Å². The number of carboxylic acid groups (broad SMARTS) is 1. The summed E-state index contributed by atoms with van der Waals surface area (Å²) in [6, 6.07) is 5.33. The van der Waals surface area contributed by atoms with Gasteiger partial charge >= 0.3 is 5.97 Å². The van der Waals surface area contributed by atoms with Gasteiger partial charge in [-0.25, -0.2) is 0 Å². The molecule has 18 heavy (non-hydrogen) atoms. The smallest absolute Gasteiger partial charge is 0.325 e. The molecule has 1 aromatic rings. The number of amides is 1. The summed E-state index contributed by atoms with van der Waals surface area (Å²) >= 11 is 0. The van der Waals surface area contributed by atoms with E-state index < -0.39 is 12.0 Å². The first-order valence-electron chi connectivity index (χ1n) is 5.98. The minimum atomic E-state index is -1.02. The zero-order chi connectivity index (χ0) is 13.7. The van der Waals surface area contributed by atoms with Crippen molar-refractivity contribution in [3.05, 3.63) is 34.9 Å². The van der Waals surface area contributed by atoms with E-state index in [0.29, 0.717) is 12.8 Å². The number of carbonyl (C=O) groups excluding carboxylic acids is 1. The van der Waals surface area contributed by atoms with Gasteiger partial charge in [0.25, 0.3) is 0 Å². The molecule has 0 fully saturated rings. The van der Waals surface area contributed by atoms with E-state index in [1.54, 1.807) is 0 Å². The minimum Gasteiger partial charge on any atom is -0.480 e. The van der Waals surface area contributed by atoms with Crippen molar-refractivity contribution < 1.29 is 14.7 Å². The highest BCUT2D eigenvalue weighted by molar-refractivity contribution is 5.83. The summed E-state index contributed by atoms with van der Waals surface area (Å²) < 4.78 is 0. The van der Waals surface area contributed by atoms with Gasteiger partial charge in [0, 0.05) is 6.42 Å². The van der Waals surface area contributed by atoms with Crippen LogP contribution in [0.2, 0.25) is 0 Å². The predicted molar refractivity (Wildman–Crippen MR) is 69.5 cm³/mol. The van der Waals surface area contributed by atoms with E-state index in [2.05, 4.69) is 11.4 Å². The van der Waals surface area contributed by atoms with Crippen molar-refractivity contribution in [2.24, 2.45) is 0 Å². The van der Waals surface area contributed by atoms with Crippen molar-refractivity contribution in [2.75, 3.05) is 0 Å². The summed E-state index contributed by atoms with van der Waals surface area (Å²) in [4.78, 5) is 22.1. The third-order valence-electron chi connectivity index (χ3n) is 2.67. The molecule has 4 heteroatoms. The number of carboxylic acids is 1. The monoisotopic (exact) mass is 249 g/mol. The molecular formula is C14H19NO3. The zero-order valence-corrected chi connectivity index (χ0v) is 11.0. The summed E-state index contributed by atoms with van der Waals surface area (Å²) in [5, 5.41) is 11.1. The van der Waals surface area contributed by atoms with Crippen LogP contribution in [0.4, 0.5) is 0 Å². The third-order valence-corrected chi connectivity index (χ3v) is 2.67. The van der Waals surface area contributed by atoms with Crippen LogP contribution in [0.25, 0.3) is 0 Å². The van der Waals surface area contributed by atoms with Crippen molar-refractivity contribution in [3.63, 3.8) is 0 Å². The van der Waals surface area contributed by atoms with Crippen molar-refractivity contribution in [3.8, 4) is 0 Å². The summed E-state index contributed by atoms with van der Waals surface area (Å²) in [5.74, 6) is -1.25. The average Bonchev–Trinajstić information content (AvgIpc) is 2.25. The minimum absolute atomic E-state index is 0.232. The molecule has 1 rings (SSSR count). The van der Waals surface area contributed by atoms with Crippen LogP contribution in [0.1, 0.15) is 30.0 Å². The Morgan fingerprint density at radius 1 is 1.22 bits per heavy atom. The predicted octanol–water partition coefficient (Wildman–Crippen LogP) is 1.83. The highest BCUT2D eigenvalue weighted by Crippen LogP contribution is 2.10. The Labute approximate surface area is 107 Å². The van der Waals surface area contributed by atoms with Crippen LogP contribution in [0.5, 0.6) is 0 Å². The molecule has 1 amide bonds. The Kier molecular flexibility index (Phi) is 4.89. The molecule has 0 unspecified atom stereocenters. The second-order valence-corrected chi connectivity index (χ2v) is 4.62.